The molecule has 12 heavy (non-hydrogen) atoms. The van der Waals surface area contributed by atoms with Crippen LogP contribution in [0, 0.1) is 0 Å². The molecule has 0 aromatic heterocycles. The van der Waals surface area contributed by atoms with Gasteiger partial charge in [0.15, 0.2) is 0 Å². The van der Waals surface area contributed by atoms with E-state index in [1.54, 1.807) is 0 Å². The van der Waals surface area contributed by atoms with Crippen molar-refractivity contribution < 1.29 is 13.6 Å². The predicted molar refractivity (Wildman–Crippen MR) is 42.2 cm³/mol. The van der Waals surface area contributed by atoms with Gasteiger partial charge >= 0.3 is 0 Å². The number of allylic oxidation sites excluding steroid dienone is 5. The second-order valence-electron chi connectivity index (χ2n) is 2.31. The Morgan fingerprint density at radius 2 is 2.08 bits per heavy atom. The second-order valence-corrected chi connectivity index (χ2v) is 2.65. The molecule has 0 fully saturated rings. The molecule has 0 amide bonds. The topological polar surface area (TPSA) is 17.1 Å². The molecule has 1 nitrogen and oxygen atoms in total. The van der Waals surface area contributed by atoms with Gasteiger partial charge in [0, 0.05) is 11.1 Å². The molecule has 0 heterocycles. The Morgan fingerprint density at radius 1 is 1.50 bits per heavy atom. The number of rotatable bonds is 2. The summed E-state index contributed by atoms with van der Waals surface area (Å²) in [6, 6.07) is 0. The van der Waals surface area contributed by atoms with Crippen molar-refractivity contribution in [2.75, 3.05) is 0 Å². The molecule has 0 aromatic carbocycles. The third-order valence-electron chi connectivity index (χ3n) is 1.43. The molecule has 0 atom stereocenters. The molecule has 0 N–H and O–H groups in total. The Hall–Kier alpha value is -0.960. The molecule has 4 heteroatoms. The van der Waals surface area contributed by atoms with Crippen LogP contribution in [0.3, 0.4) is 0 Å². The normalized spacial score (nSPS) is 16.5. The maximum atomic E-state index is 12.2. The molecule has 0 aliphatic heterocycles. The number of halogens is 3. The molecule has 0 spiro atoms. The van der Waals surface area contributed by atoms with Crippen molar-refractivity contribution in [1.82, 2.24) is 0 Å². The first-order valence-corrected chi connectivity index (χ1v) is 3.50. The largest absolute Gasteiger partial charge is 0.276 e. The van der Waals surface area contributed by atoms with E-state index in [1.807, 2.05) is 0 Å². The van der Waals surface area contributed by atoms with Gasteiger partial charge in [-0.2, -0.15) is 0 Å². The fourth-order valence-electron chi connectivity index (χ4n) is 0.939. The number of carbonyl (C=O) groups is 1. The standard InChI is InChI=1S/C8H5ClF2O/c1-4-2-5(7(9)12)6(3-4)8(10)11/h2-3,8H,1H2. The first-order valence-electron chi connectivity index (χ1n) is 3.13. The first-order chi connectivity index (χ1) is 5.52. The first kappa shape index (κ1) is 9.13. The number of alkyl halides is 2. The third kappa shape index (κ3) is 1.61. The Bertz CT molecular complexity index is 302. The maximum absolute atomic E-state index is 12.2. The lowest BCUT2D eigenvalue weighted by molar-refractivity contribution is -0.108. The van der Waals surface area contributed by atoms with Crippen molar-refractivity contribution in [3.05, 3.63) is 35.5 Å². The van der Waals surface area contributed by atoms with Crippen LogP contribution in [0.1, 0.15) is 0 Å². The van der Waals surface area contributed by atoms with E-state index in [4.69, 9.17) is 11.6 Å². The summed E-state index contributed by atoms with van der Waals surface area (Å²) in [5, 5.41) is -0.875. The van der Waals surface area contributed by atoms with E-state index in [0.29, 0.717) is 5.57 Å². The van der Waals surface area contributed by atoms with Gasteiger partial charge in [-0.3, -0.25) is 4.79 Å². The summed E-state index contributed by atoms with van der Waals surface area (Å²) in [6.07, 6.45) is -0.282. The number of hydrogen-bond donors (Lipinski definition) is 0. The summed E-state index contributed by atoms with van der Waals surface area (Å²) in [6.45, 7) is 3.42. The van der Waals surface area contributed by atoms with Gasteiger partial charge in [-0.25, -0.2) is 8.78 Å². The molecule has 0 saturated heterocycles. The molecule has 64 valence electrons. The Labute approximate surface area is 73.0 Å². The quantitative estimate of drug-likeness (QED) is 0.612. The van der Waals surface area contributed by atoms with E-state index in [2.05, 4.69) is 6.58 Å². The minimum Gasteiger partial charge on any atom is -0.276 e. The summed E-state index contributed by atoms with van der Waals surface area (Å²) < 4.78 is 24.3. The molecule has 0 saturated carbocycles. The molecule has 1 aliphatic carbocycles. The van der Waals surface area contributed by atoms with E-state index >= 15 is 0 Å². The van der Waals surface area contributed by atoms with E-state index < -0.39 is 11.7 Å². The minimum atomic E-state index is -2.68. The van der Waals surface area contributed by atoms with Crippen LogP contribution in [0.4, 0.5) is 8.78 Å². The highest BCUT2D eigenvalue weighted by Crippen LogP contribution is 2.28. The highest BCUT2D eigenvalue weighted by atomic mass is 35.5. The van der Waals surface area contributed by atoms with Crippen molar-refractivity contribution in [2.24, 2.45) is 0 Å². The minimum absolute atomic E-state index is 0.156. The van der Waals surface area contributed by atoms with Gasteiger partial charge in [-0.15, -0.1) is 0 Å². The fraction of sp³-hybridized carbons (Fsp3) is 0.125. The van der Waals surface area contributed by atoms with Crippen LogP contribution in [-0.4, -0.2) is 11.7 Å². The maximum Gasteiger partial charge on any atom is 0.264 e. The van der Waals surface area contributed by atoms with Crippen LogP contribution < -0.4 is 0 Å². The molecule has 0 aromatic rings. The molecule has 1 rings (SSSR count). The van der Waals surface area contributed by atoms with E-state index in [0.717, 1.165) is 6.08 Å². The highest BCUT2D eigenvalue weighted by molar-refractivity contribution is 6.68. The van der Waals surface area contributed by atoms with Gasteiger partial charge in [0.05, 0.1) is 0 Å². The van der Waals surface area contributed by atoms with Gasteiger partial charge < -0.3 is 0 Å². The van der Waals surface area contributed by atoms with Crippen molar-refractivity contribution in [3.8, 4) is 0 Å². The lowest BCUT2D eigenvalue weighted by atomic mass is 10.1. The van der Waals surface area contributed by atoms with Gasteiger partial charge in [-0.05, 0) is 29.3 Å². The monoisotopic (exact) mass is 190 g/mol. The van der Waals surface area contributed by atoms with Crippen LogP contribution in [0.5, 0.6) is 0 Å². The summed E-state index contributed by atoms with van der Waals surface area (Å²) in [5.74, 6) is 0. The fourth-order valence-corrected chi connectivity index (χ4v) is 1.10. The Balaban J connectivity index is 3.03. The zero-order valence-corrected chi connectivity index (χ0v) is 6.74. The molecule has 0 unspecified atom stereocenters. The lowest BCUT2D eigenvalue weighted by Crippen LogP contribution is -2.02. The van der Waals surface area contributed by atoms with Crippen molar-refractivity contribution in [1.29, 1.82) is 0 Å². The predicted octanol–water partition coefficient (Wildman–Crippen LogP) is 2.44. The van der Waals surface area contributed by atoms with Gasteiger partial charge in [0.25, 0.3) is 11.7 Å². The molecule has 0 bridgehead atoms. The van der Waals surface area contributed by atoms with Gasteiger partial charge in [-0.1, -0.05) is 6.58 Å². The Morgan fingerprint density at radius 3 is 2.42 bits per heavy atom. The van der Waals surface area contributed by atoms with Crippen LogP contribution in [0.2, 0.25) is 0 Å². The van der Waals surface area contributed by atoms with Crippen LogP contribution in [-0.2, 0) is 4.79 Å². The second kappa shape index (κ2) is 3.19. The molecular weight excluding hydrogens is 186 g/mol. The average molecular weight is 191 g/mol. The number of hydrogen-bond acceptors (Lipinski definition) is 1. The molecular formula is C8H5ClF2O. The lowest BCUT2D eigenvalue weighted by Gasteiger charge is -2.00. The summed E-state index contributed by atoms with van der Waals surface area (Å²) in [4.78, 5) is 10.6. The van der Waals surface area contributed by atoms with E-state index in [-0.39, 0.29) is 11.1 Å². The average Bonchev–Trinajstić information content (AvgIpc) is 2.31. The van der Waals surface area contributed by atoms with E-state index in [9.17, 15) is 13.6 Å². The van der Waals surface area contributed by atoms with E-state index in [1.165, 1.54) is 6.08 Å². The number of carbonyl (C=O) groups excluding carboxylic acids is 1. The SMILES string of the molecule is C=C1C=C(C(=O)Cl)C(C(F)F)=C1. The highest BCUT2D eigenvalue weighted by Gasteiger charge is 2.24. The van der Waals surface area contributed by atoms with Crippen LogP contribution in [0.15, 0.2) is 35.5 Å². The summed E-state index contributed by atoms with van der Waals surface area (Å²) in [7, 11) is 0. The summed E-state index contributed by atoms with van der Waals surface area (Å²) in [5.41, 5.74) is -0.133. The van der Waals surface area contributed by atoms with Crippen LogP contribution >= 0.6 is 11.6 Å². The van der Waals surface area contributed by atoms with Gasteiger partial charge in [0.2, 0.25) is 0 Å². The van der Waals surface area contributed by atoms with Crippen molar-refractivity contribution in [3.63, 3.8) is 0 Å². The molecule has 1 aliphatic rings. The van der Waals surface area contributed by atoms with Crippen molar-refractivity contribution in [2.45, 2.75) is 6.43 Å². The molecule has 0 radical (unpaired) electrons. The summed E-state index contributed by atoms with van der Waals surface area (Å²) >= 11 is 5.07. The smallest absolute Gasteiger partial charge is 0.264 e. The zero-order valence-electron chi connectivity index (χ0n) is 5.98. The Kier molecular flexibility index (Phi) is 2.43. The van der Waals surface area contributed by atoms with Gasteiger partial charge in [0.1, 0.15) is 0 Å². The van der Waals surface area contributed by atoms with Crippen LogP contribution in [0.25, 0.3) is 0 Å². The third-order valence-corrected chi connectivity index (χ3v) is 1.63. The zero-order chi connectivity index (χ0) is 9.30. The van der Waals surface area contributed by atoms with Crippen molar-refractivity contribution >= 4 is 16.8 Å².